The van der Waals surface area contributed by atoms with Gasteiger partial charge >= 0.3 is 0 Å². The molecule has 1 aromatic heterocycles. The predicted molar refractivity (Wildman–Crippen MR) is 92.7 cm³/mol. The van der Waals surface area contributed by atoms with Crippen molar-refractivity contribution in [3.63, 3.8) is 0 Å². The highest BCUT2D eigenvalue weighted by molar-refractivity contribution is 6.01. The van der Waals surface area contributed by atoms with Gasteiger partial charge in [-0.15, -0.1) is 0 Å². The van der Waals surface area contributed by atoms with Crippen molar-refractivity contribution in [2.75, 3.05) is 5.01 Å². The van der Waals surface area contributed by atoms with Gasteiger partial charge < -0.3 is 4.42 Å². The standard InChI is InChI=1S/C20H17FN2O/c1-14-4-2-5-17(12-14)23-19(15-7-9-16(21)10-8-15)13-18(22-23)20-6-3-11-24-20/h2-12,19H,13H2,1H3. The van der Waals surface area contributed by atoms with Gasteiger partial charge in [0.25, 0.3) is 0 Å². The highest BCUT2D eigenvalue weighted by Crippen LogP contribution is 2.37. The Bertz CT molecular complexity index is 869. The Labute approximate surface area is 140 Å². The van der Waals surface area contributed by atoms with Gasteiger partial charge in [0.2, 0.25) is 0 Å². The maximum atomic E-state index is 13.3. The molecular weight excluding hydrogens is 303 g/mol. The van der Waals surface area contributed by atoms with E-state index in [1.807, 2.05) is 41.4 Å². The van der Waals surface area contributed by atoms with Crippen molar-refractivity contribution in [3.05, 3.63) is 89.6 Å². The van der Waals surface area contributed by atoms with E-state index in [1.165, 1.54) is 17.7 Å². The Kier molecular flexibility index (Phi) is 3.65. The van der Waals surface area contributed by atoms with Crippen molar-refractivity contribution in [2.24, 2.45) is 5.10 Å². The molecule has 2 heterocycles. The van der Waals surface area contributed by atoms with Gasteiger partial charge in [-0.3, -0.25) is 5.01 Å². The summed E-state index contributed by atoms with van der Waals surface area (Å²) in [5.41, 5.74) is 4.12. The smallest absolute Gasteiger partial charge is 0.149 e. The molecule has 3 aromatic rings. The average Bonchev–Trinajstić information content (AvgIpc) is 3.25. The Morgan fingerprint density at radius 2 is 1.92 bits per heavy atom. The molecule has 0 amide bonds. The van der Waals surface area contributed by atoms with Crippen LogP contribution in [0, 0.1) is 12.7 Å². The first-order valence-corrected chi connectivity index (χ1v) is 7.93. The Hall–Kier alpha value is -2.88. The van der Waals surface area contributed by atoms with E-state index in [1.54, 1.807) is 6.26 Å². The maximum Gasteiger partial charge on any atom is 0.149 e. The van der Waals surface area contributed by atoms with Gasteiger partial charge in [-0.2, -0.15) is 5.10 Å². The monoisotopic (exact) mass is 320 g/mol. The summed E-state index contributed by atoms with van der Waals surface area (Å²) in [6, 6.07) is 18.7. The molecule has 4 rings (SSSR count). The minimum absolute atomic E-state index is 0.0208. The number of hydrogen-bond donors (Lipinski definition) is 0. The highest BCUT2D eigenvalue weighted by Gasteiger charge is 2.31. The van der Waals surface area contributed by atoms with Gasteiger partial charge in [0.1, 0.15) is 17.3 Å². The minimum Gasteiger partial charge on any atom is -0.463 e. The number of halogens is 1. The summed E-state index contributed by atoms with van der Waals surface area (Å²) in [4.78, 5) is 0. The summed E-state index contributed by atoms with van der Waals surface area (Å²) in [6.07, 6.45) is 2.37. The van der Waals surface area contributed by atoms with Gasteiger partial charge in [0.05, 0.1) is 18.0 Å². The minimum atomic E-state index is -0.231. The van der Waals surface area contributed by atoms with E-state index < -0.39 is 0 Å². The predicted octanol–water partition coefficient (Wildman–Crippen LogP) is 5.08. The van der Waals surface area contributed by atoms with Crippen molar-refractivity contribution in [1.29, 1.82) is 0 Å². The van der Waals surface area contributed by atoms with Crippen LogP contribution in [-0.4, -0.2) is 5.71 Å². The van der Waals surface area contributed by atoms with Gasteiger partial charge in [-0.1, -0.05) is 24.3 Å². The lowest BCUT2D eigenvalue weighted by molar-refractivity contribution is 0.556. The molecule has 0 spiro atoms. The van der Waals surface area contributed by atoms with Crippen molar-refractivity contribution in [3.8, 4) is 0 Å². The summed E-state index contributed by atoms with van der Waals surface area (Å²) in [7, 11) is 0. The number of aryl methyl sites for hydroxylation is 1. The van der Waals surface area contributed by atoms with Gasteiger partial charge in [0.15, 0.2) is 0 Å². The lowest BCUT2D eigenvalue weighted by atomic mass is 10.0. The number of hydrazone groups is 1. The van der Waals surface area contributed by atoms with E-state index in [4.69, 9.17) is 9.52 Å². The van der Waals surface area contributed by atoms with E-state index >= 15 is 0 Å². The molecule has 2 aromatic carbocycles. The van der Waals surface area contributed by atoms with Crippen molar-refractivity contribution >= 4 is 11.4 Å². The molecule has 0 saturated carbocycles. The van der Waals surface area contributed by atoms with E-state index in [0.717, 1.165) is 22.7 Å². The summed E-state index contributed by atoms with van der Waals surface area (Å²) in [5.74, 6) is 0.545. The molecule has 0 N–H and O–H groups in total. The second-order valence-corrected chi connectivity index (χ2v) is 5.98. The summed E-state index contributed by atoms with van der Waals surface area (Å²) >= 11 is 0. The first-order valence-electron chi connectivity index (χ1n) is 7.93. The van der Waals surface area contributed by atoms with E-state index in [2.05, 4.69) is 19.1 Å². The molecule has 4 heteroatoms. The van der Waals surface area contributed by atoms with Crippen LogP contribution in [0.5, 0.6) is 0 Å². The maximum absolute atomic E-state index is 13.3. The van der Waals surface area contributed by atoms with E-state index in [-0.39, 0.29) is 11.9 Å². The van der Waals surface area contributed by atoms with Crippen LogP contribution < -0.4 is 5.01 Å². The van der Waals surface area contributed by atoms with Crippen LogP contribution in [0.15, 0.2) is 76.4 Å². The van der Waals surface area contributed by atoms with Gasteiger partial charge in [0, 0.05) is 6.42 Å². The third kappa shape index (κ3) is 2.71. The van der Waals surface area contributed by atoms with Gasteiger partial charge in [-0.25, -0.2) is 4.39 Å². The Morgan fingerprint density at radius 1 is 1.08 bits per heavy atom. The molecule has 0 radical (unpaired) electrons. The van der Waals surface area contributed by atoms with Crippen LogP contribution in [0.2, 0.25) is 0 Å². The zero-order valence-corrected chi connectivity index (χ0v) is 13.3. The summed E-state index contributed by atoms with van der Waals surface area (Å²) in [6.45, 7) is 2.06. The Balaban J connectivity index is 1.76. The van der Waals surface area contributed by atoms with E-state index in [9.17, 15) is 4.39 Å². The fourth-order valence-electron chi connectivity index (χ4n) is 3.05. The van der Waals surface area contributed by atoms with Gasteiger partial charge in [-0.05, 0) is 54.4 Å². The number of anilines is 1. The first kappa shape index (κ1) is 14.7. The quantitative estimate of drug-likeness (QED) is 0.673. The fourth-order valence-corrected chi connectivity index (χ4v) is 3.05. The summed E-state index contributed by atoms with van der Waals surface area (Å²) < 4.78 is 18.8. The van der Waals surface area contributed by atoms with Crippen LogP contribution >= 0.6 is 0 Å². The van der Waals surface area contributed by atoms with Crippen molar-refractivity contribution in [1.82, 2.24) is 0 Å². The van der Waals surface area contributed by atoms with Crippen LogP contribution in [0.25, 0.3) is 0 Å². The summed E-state index contributed by atoms with van der Waals surface area (Å²) in [5, 5.41) is 6.78. The lowest BCUT2D eigenvalue weighted by Gasteiger charge is -2.24. The average molecular weight is 320 g/mol. The molecule has 0 aliphatic carbocycles. The fraction of sp³-hybridized carbons (Fsp3) is 0.150. The molecule has 0 saturated heterocycles. The van der Waals surface area contributed by atoms with E-state index in [0.29, 0.717) is 6.42 Å². The number of benzene rings is 2. The highest BCUT2D eigenvalue weighted by atomic mass is 19.1. The van der Waals surface area contributed by atoms with Crippen molar-refractivity contribution in [2.45, 2.75) is 19.4 Å². The van der Waals surface area contributed by atoms with Crippen molar-refractivity contribution < 1.29 is 8.81 Å². The third-order valence-corrected chi connectivity index (χ3v) is 4.24. The molecular formula is C20H17FN2O. The number of rotatable bonds is 3. The second-order valence-electron chi connectivity index (χ2n) is 5.98. The topological polar surface area (TPSA) is 28.7 Å². The zero-order valence-electron chi connectivity index (χ0n) is 13.3. The molecule has 0 bridgehead atoms. The Morgan fingerprint density at radius 3 is 2.62 bits per heavy atom. The zero-order chi connectivity index (χ0) is 16.5. The van der Waals surface area contributed by atoms with Crippen LogP contribution in [0.3, 0.4) is 0 Å². The molecule has 1 aliphatic rings. The lowest BCUT2D eigenvalue weighted by Crippen LogP contribution is -2.18. The van der Waals surface area contributed by atoms with Crippen LogP contribution in [0.1, 0.15) is 29.3 Å². The molecule has 1 unspecified atom stereocenters. The normalized spacial score (nSPS) is 17.2. The molecule has 0 fully saturated rings. The molecule has 24 heavy (non-hydrogen) atoms. The number of hydrogen-bond acceptors (Lipinski definition) is 3. The van der Waals surface area contributed by atoms with Crippen LogP contribution in [0.4, 0.5) is 10.1 Å². The number of furan rings is 1. The number of nitrogens with zero attached hydrogens (tertiary/aromatic N) is 2. The van der Waals surface area contributed by atoms with Crippen LogP contribution in [-0.2, 0) is 0 Å². The second kappa shape index (κ2) is 5.96. The largest absolute Gasteiger partial charge is 0.463 e. The molecule has 120 valence electrons. The third-order valence-electron chi connectivity index (χ3n) is 4.24. The molecule has 1 atom stereocenters. The SMILES string of the molecule is Cc1cccc(N2N=C(c3ccco3)CC2c2ccc(F)cc2)c1. The first-order chi connectivity index (χ1) is 11.7. The molecule has 3 nitrogen and oxygen atoms in total. The molecule has 1 aliphatic heterocycles.